The lowest BCUT2D eigenvalue weighted by atomic mass is 9.98. The minimum atomic E-state index is 0.741. The Bertz CT molecular complexity index is 498. The van der Waals surface area contributed by atoms with Crippen molar-refractivity contribution in [3.8, 4) is 0 Å². The molecule has 1 aliphatic heterocycles. The molecule has 1 aliphatic rings. The Morgan fingerprint density at radius 2 is 2.31 bits per heavy atom. The van der Waals surface area contributed by atoms with Crippen LogP contribution in [-0.2, 0) is 6.42 Å². The third-order valence-corrected chi connectivity index (χ3v) is 3.74. The number of fused-ring (bicyclic) bond motifs is 1. The molecule has 3 heteroatoms. The zero-order chi connectivity index (χ0) is 11.0. The summed E-state index contributed by atoms with van der Waals surface area (Å²) in [6.45, 7) is 2.27. The molecule has 1 aromatic heterocycles. The molecule has 84 valence electrons. The van der Waals surface area contributed by atoms with Gasteiger partial charge in [0.1, 0.15) is 0 Å². The quantitative estimate of drug-likeness (QED) is 0.822. The van der Waals surface area contributed by atoms with E-state index in [2.05, 4.69) is 28.5 Å². The second-order valence-electron chi connectivity index (χ2n) is 4.57. The molecule has 1 aromatic carbocycles. The zero-order valence-electron chi connectivity index (χ0n) is 9.09. The van der Waals surface area contributed by atoms with E-state index in [0.29, 0.717) is 0 Å². The average Bonchev–Trinajstić information content (AvgIpc) is 2.89. The fraction of sp³-hybridized carbons (Fsp3) is 0.385. The number of rotatable bonds is 2. The maximum Gasteiger partial charge on any atom is 0.0457 e. The molecule has 2 nitrogen and oxygen atoms in total. The second-order valence-corrected chi connectivity index (χ2v) is 4.98. The number of H-pyrrole nitrogens is 1. The van der Waals surface area contributed by atoms with Crippen molar-refractivity contribution < 1.29 is 0 Å². The highest BCUT2D eigenvalue weighted by molar-refractivity contribution is 6.32. The Kier molecular flexibility index (Phi) is 2.62. The Balaban J connectivity index is 1.92. The highest BCUT2D eigenvalue weighted by atomic mass is 35.5. The first-order chi connectivity index (χ1) is 7.83. The van der Waals surface area contributed by atoms with Gasteiger partial charge in [-0.25, -0.2) is 0 Å². The van der Waals surface area contributed by atoms with Gasteiger partial charge in [0.05, 0.1) is 0 Å². The van der Waals surface area contributed by atoms with E-state index in [9.17, 15) is 0 Å². The van der Waals surface area contributed by atoms with Crippen LogP contribution in [0.2, 0.25) is 5.02 Å². The lowest BCUT2D eigenvalue weighted by molar-refractivity contribution is 0.580. The van der Waals surface area contributed by atoms with Crippen molar-refractivity contribution in [2.24, 2.45) is 5.92 Å². The standard InChI is InChI=1S/C13H15ClN2/c14-12-6-10-2-4-16-13(10)7-11(12)5-9-1-3-15-8-9/h2,4,6-7,9,15-16H,1,3,5,8H2. The fourth-order valence-corrected chi connectivity index (χ4v) is 2.72. The van der Waals surface area contributed by atoms with Crippen LogP contribution in [0.5, 0.6) is 0 Å². The Morgan fingerprint density at radius 3 is 3.12 bits per heavy atom. The van der Waals surface area contributed by atoms with Crippen LogP contribution >= 0.6 is 11.6 Å². The Morgan fingerprint density at radius 1 is 1.38 bits per heavy atom. The molecule has 1 unspecified atom stereocenters. The number of halogens is 1. The molecular weight excluding hydrogens is 220 g/mol. The summed E-state index contributed by atoms with van der Waals surface area (Å²) in [6.07, 6.45) is 4.31. The summed E-state index contributed by atoms with van der Waals surface area (Å²) in [7, 11) is 0. The van der Waals surface area contributed by atoms with Gasteiger partial charge in [-0.3, -0.25) is 0 Å². The van der Waals surface area contributed by atoms with Gasteiger partial charge in [0.15, 0.2) is 0 Å². The van der Waals surface area contributed by atoms with Crippen LogP contribution in [0, 0.1) is 5.92 Å². The van der Waals surface area contributed by atoms with Crippen molar-refractivity contribution in [2.75, 3.05) is 13.1 Å². The smallest absolute Gasteiger partial charge is 0.0457 e. The molecule has 0 bridgehead atoms. The number of hydrogen-bond acceptors (Lipinski definition) is 1. The fourth-order valence-electron chi connectivity index (χ4n) is 2.47. The molecule has 2 N–H and O–H groups in total. The molecule has 1 atom stereocenters. The summed E-state index contributed by atoms with van der Waals surface area (Å²) < 4.78 is 0. The first-order valence-corrected chi connectivity index (χ1v) is 6.17. The van der Waals surface area contributed by atoms with Crippen LogP contribution in [0.4, 0.5) is 0 Å². The lowest BCUT2D eigenvalue weighted by Gasteiger charge is -2.10. The third kappa shape index (κ3) is 1.83. The number of nitrogens with one attached hydrogen (secondary N) is 2. The first-order valence-electron chi connectivity index (χ1n) is 5.79. The molecule has 0 amide bonds. The van der Waals surface area contributed by atoms with Gasteiger partial charge < -0.3 is 10.3 Å². The van der Waals surface area contributed by atoms with Gasteiger partial charge in [0, 0.05) is 22.1 Å². The molecule has 16 heavy (non-hydrogen) atoms. The van der Waals surface area contributed by atoms with Crippen LogP contribution in [-0.4, -0.2) is 18.1 Å². The first kappa shape index (κ1) is 10.2. The van der Waals surface area contributed by atoms with Crippen molar-refractivity contribution in [2.45, 2.75) is 12.8 Å². The predicted octanol–water partition coefficient (Wildman–Crippen LogP) is 2.97. The summed E-state index contributed by atoms with van der Waals surface area (Å²) in [5, 5.41) is 5.49. The van der Waals surface area contributed by atoms with Crippen LogP contribution in [0.25, 0.3) is 10.9 Å². The van der Waals surface area contributed by atoms with E-state index in [1.54, 1.807) is 0 Å². The van der Waals surface area contributed by atoms with E-state index in [1.165, 1.54) is 22.9 Å². The molecule has 2 aromatic rings. The largest absolute Gasteiger partial charge is 0.361 e. The van der Waals surface area contributed by atoms with Crippen LogP contribution in [0.1, 0.15) is 12.0 Å². The molecule has 0 radical (unpaired) electrons. The van der Waals surface area contributed by atoms with E-state index in [4.69, 9.17) is 11.6 Å². The molecule has 1 saturated heterocycles. The number of benzene rings is 1. The Hall–Kier alpha value is -0.990. The summed E-state index contributed by atoms with van der Waals surface area (Å²) >= 11 is 6.30. The SMILES string of the molecule is Clc1cc2cc[nH]c2cc1CC1CCNC1. The van der Waals surface area contributed by atoms with Crippen molar-refractivity contribution >= 4 is 22.5 Å². The lowest BCUT2D eigenvalue weighted by Crippen LogP contribution is -2.10. The minimum Gasteiger partial charge on any atom is -0.361 e. The molecule has 0 aliphatic carbocycles. The topological polar surface area (TPSA) is 27.8 Å². The normalized spacial score (nSPS) is 20.7. The maximum absolute atomic E-state index is 6.30. The van der Waals surface area contributed by atoms with E-state index < -0.39 is 0 Å². The van der Waals surface area contributed by atoms with Gasteiger partial charge in [0.25, 0.3) is 0 Å². The van der Waals surface area contributed by atoms with E-state index in [-0.39, 0.29) is 0 Å². The maximum atomic E-state index is 6.30. The number of aromatic amines is 1. The summed E-state index contributed by atoms with van der Waals surface area (Å²) in [5.74, 6) is 0.741. The van der Waals surface area contributed by atoms with Crippen LogP contribution in [0.3, 0.4) is 0 Å². The van der Waals surface area contributed by atoms with Crippen molar-refractivity contribution in [1.82, 2.24) is 10.3 Å². The monoisotopic (exact) mass is 234 g/mol. The van der Waals surface area contributed by atoms with Gasteiger partial charge in [0.2, 0.25) is 0 Å². The van der Waals surface area contributed by atoms with E-state index in [0.717, 1.165) is 30.5 Å². The van der Waals surface area contributed by atoms with E-state index >= 15 is 0 Å². The predicted molar refractivity (Wildman–Crippen MR) is 68.0 cm³/mol. The van der Waals surface area contributed by atoms with Gasteiger partial charge in [-0.1, -0.05) is 11.6 Å². The zero-order valence-corrected chi connectivity index (χ0v) is 9.85. The number of aromatic nitrogens is 1. The molecular formula is C13H15ClN2. The van der Waals surface area contributed by atoms with Crippen LogP contribution < -0.4 is 5.32 Å². The Labute approximate surface area is 100.0 Å². The highest BCUT2D eigenvalue weighted by Crippen LogP contribution is 2.26. The number of hydrogen-bond donors (Lipinski definition) is 2. The van der Waals surface area contributed by atoms with Gasteiger partial charge in [-0.05, 0) is 55.6 Å². The van der Waals surface area contributed by atoms with E-state index in [1.807, 2.05) is 6.20 Å². The third-order valence-electron chi connectivity index (χ3n) is 3.39. The highest BCUT2D eigenvalue weighted by Gasteiger charge is 2.16. The second kappa shape index (κ2) is 4.11. The molecule has 0 spiro atoms. The summed E-state index contributed by atoms with van der Waals surface area (Å²) in [5.41, 5.74) is 2.45. The summed E-state index contributed by atoms with van der Waals surface area (Å²) in [4.78, 5) is 3.24. The molecule has 2 heterocycles. The van der Waals surface area contributed by atoms with Crippen LogP contribution in [0.15, 0.2) is 24.4 Å². The van der Waals surface area contributed by atoms with Gasteiger partial charge in [-0.15, -0.1) is 0 Å². The summed E-state index contributed by atoms with van der Waals surface area (Å²) in [6, 6.07) is 6.31. The van der Waals surface area contributed by atoms with Gasteiger partial charge >= 0.3 is 0 Å². The average molecular weight is 235 g/mol. The van der Waals surface area contributed by atoms with Crippen molar-refractivity contribution in [1.29, 1.82) is 0 Å². The molecule has 1 fully saturated rings. The van der Waals surface area contributed by atoms with Gasteiger partial charge in [-0.2, -0.15) is 0 Å². The van der Waals surface area contributed by atoms with Crippen molar-refractivity contribution in [3.63, 3.8) is 0 Å². The molecule has 3 rings (SSSR count). The minimum absolute atomic E-state index is 0.741. The van der Waals surface area contributed by atoms with Crippen molar-refractivity contribution in [3.05, 3.63) is 35.0 Å². The molecule has 0 saturated carbocycles.